The summed E-state index contributed by atoms with van der Waals surface area (Å²) >= 11 is 0. The summed E-state index contributed by atoms with van der Waals surface area (Å²) in [6.07, 6.45) is 0. The maximum Gasteiger partial charge on any atom is 0.226 e. The molecule has 4 nitrogen and oxygen atoms in total. The molecule has 1 rings (SSSR count). The zero-order chi connectivity index (χ0) is 7.56. The van der Waals surface area contributed by atoms with Gasteiger partial charge >= 0.3 is 0 Å². The lowest BCUT2D eigenvalue weighted by Gasteiger charge is -1.89. The summed E-state index contributed by atoms with van der Waals surface area (Å²) in [6, 6.07) is 1.61. The van der Waals surface area contributed by atoms with Crippen LogP contribution in [-0.2, 0) is 4.79 Å². The molecular formula is C6H7N2O2. The number of hydrogen-bond donors (Lipinski definition) is 1. The first-order valence-corrected chi connectivity index (χ1v) is 2.75. The monoisotopic (exact) mass is 139 g/mol. The van der Waals surface area contributed by atoms with Gasteiger partial charge in [0, 0.05) is 13.0 Å². The Labute approximate surface area is 58.2 Å². The van der Waals surface area contributed by atoms with Gasteiger partial charge in [-0.1, -0.05) is 5.16 Å². The summed E-state index contributed by atoms with van der Waals surface area (Å²) in [5, 5.41) is 5.88. The molecule has 10 heavy (non-hydrogen) atoms. The van der Waals surface area contributed by atoms with Crippen LogP contribution in [0.3, 0.4) is 0 Å². The summed E-state index contributed by atoms with van der Waals surface area (Å²) in [4.78, 5) is 10.3. The lowest BCUT2D eigenvalue weighted by Crippen LogP contribution is -2.05. The van der Waals surface area contributed by atoms with Gasteiger partial charge in [0.25, 0.3) is 0 Å². The molecule has 0 aliphatic heterocycles. The van der Waals surface area contributed by atoms with Crippen molar-refractivity contribution < 1.29 is 9.32 Å². The van der Waals surface area contributed by atoms with E-state index < -0.39 is 5.91 Å². The van der Waals surface area contributed by atoms with Crippen molar-refractivity contribution in [3.63, 3.8) is 0 Å². The fraction of sp³-hybridized carbons (Fsp3) is 0.167. The van der Waals surface area contributed by atoms with Crippen LogP contribution in [0.1, 0.15) is 5.76 Å². The standard InChI is InChI=1S/C6H7N2O2/c1-4-3-6(8-10-4)7-5(2)9/h3H,2H2,1H3,(H,7,8,9). The van der Waals surface area contributed by atoms with E-state index in [4.69, 9.17) is 0 Å². The molecule has 1 N–H and O–H groups in total. The van der Waals surface area contributed by atoms with E-state index >= 15 is 0 Å². The lowest BCUT2D eigenvalue weighted by atomic mass is 10.5. The summed E-state index contributed by atoms with van der Waals surface area (Å²) in [5.41, 5.74) is 0. The molecule has 0 unspecified atom stereocenters. The second-order valence-corrected chi connectivity index (χ2v) is 1.87. The van der Waals surface area contributed by atoms with Gasteiger partial charge in [0.05, 0.1) is 0 Å². The Morgan fingerprint density at radius 2 is 2.60 bits per heavy atom. The van der Waals surface area contributed by atoms with Gasteiger partial charge in [0.1, 0.15) is 5.76 Å². The van der Waals surface area contributed by atoms with Crippen molar-refractivity contribution in [1.29, 1.82) is 0 Å². The molecule has 0 atom stereocenters. The van der Waals surface area contributed by atoms with Gasteiger partial charge in [0.15, 0.2) is 5.82 Å². The summed E-state index contributed by atoms with van der Waals surface area (Å²) in [6.45, 7) is 4.85. The van der Waals surface area contributed by atoms with E-state index in [0.29, 0.717) is 11.6 Å². The smallest absolute Gasteiger partial charge is 0.226 e. The first-order valence-electron chi connectivity index (χ1n) is 2.75. The van der Waals surface area contributed by atoms with Crippen molar-refractivity contribution in [2.45, 2.75) is 6.92 Å². The van der Waals surface area contributed by atoms with Crippen LogP contribution in [0.4, 0.5) is 5.82 Å². The number of carbonyl (C=O) groups excluding carboxylic acids is 1. The highest BCUT2D eigenvalue weighted by molar-refractivity contribution is 5.92. The third-order valence-corrected chi connectivity index (χ3v) is 0.895. The van der Waals surface area contributed by atoms with Gasteiger partial charge < -0.3 is 9.84 Å². The van der Waals surface area contributed by atoms with Crippen molar-refractivity contribution in [3.05, 3.63) is 18.8 Å². The Balaban J connectivity index is 2.67. The van der Waals surface area contributed by atoms with Crippen molar-refractivity contribution in [1.82, 2.24) is 5.16 Å². The summed E-state index contributed by atoms with van der Waals surface area (Å²) in [7, 11) is 0. The second-order valence-electron chi connectivity index (χ2n) is 1.87. The summed E-state index contributed by atoms with van der Waals surface area (Å²) < 4.78 is 4.67. The minimum atomic E-state index is -0.395. The number of rotatable bonds is 1. The maximum atomic E-state index is 10.3. The molecule has 0 bridgehead atoms. The Kier molecular flexibility index (Phi) is 1.71. The second kappa shape index (κ2) is 2.51. The van der Waals surface area contributed by atoms with E-state index in [9.17, 15) is 4.79 Å². The van der Waals surface area contributed by atoms with Crippen LogP contribution >= 0.6 is 0 Å². The van der Waals surface area contributed by atoms with Gasteiger partial charge in [-0.05, 0) is 6.92 Å². The molecule has 1 aromatic heterocycles. The molecule has 0 aliphatic carbocycles. The third kappa shape index (κ3) is 1.58. The number of hydrogen-bond acceptors (Lipinski definition) is 3. The van der Waals surface area contributed by atoms with Crippen molar-refractivity contribution in [3.8, 4) is 0 Å². The maximum absolute atomic E-state index is 10.3. The van der Waals surface area contributed by atoms with Crippen LogP contribution < -0.4 is 5.32 Å². The van der Waals surface area contributed by atoms with Crippen LogP contribution in [0.25, 0.3) is 0 Å². The average molecular weight is 139 g/mol. The summed E-state index contributed by atoms with van der Waals surface area (Å²) in [5.74, 6) is 0.662. The molecule has 0 saturated heterocycles. The van der Waals surface area contributed by atoms with Crippen LogP contribution in [0.2, 0.25) is 0 Å². The van der Waals surface area contributed by atoms with Crippen molar-refractivity contribution in [2.75, 3.05) is 5.32 Å². The number of aromatic nitrogens is 1. The fourth-order valence-corrected chi connectivity index (χ4v) is 0.568. The Bertz CT molecular complexity index is 242. The van der Waals surface area contributed by atoms with Gasteiger partial charge in [-0.2, -0.15) is 0 Å². The van der Waals surface area contributed by atoms with E-state index in [1.165, 1.54) is 0 Å². The molecular weight excluding hydrogens is 132 g/mol. The van der Waals surface area contributed by atoms with Gasteiger partial charge in [0.2, 0.25) is 5.91 Å². The quantitative estimate of drug-likeness (QED) is 0.624. The van der Waals surface area contributed by atoms with Gasteiger partial charge in [-0.15, -0.1) is 0 Å². The highest BCUT2D eigenvalue weighted by Gasteiger charge is 1.99. The minimum Gasteiger partial charge on any atom is -0.360 e. The zero-order valence-electron chi connectivity index (χ0n) is 5.55. The molecule has 1 heterocycles. The molecule has 0 fully saturated rings. The minimum absolute atomic E-state index is 0.395. The molecule has 1 aromatic rings. The Morgan fingerprint density at radius 3 is 3.00 bits per heavy atom. The number of anilines is 1. The van der Waals surface area contributed by atoms with Crippen molar-refractivity contribution >= 4 is 11.7 Å². The number of amides is 1. The van der Waals surface area contributed by atoms with Crippen molar-refractivity contribution in [2.24, 2.45) is 0 Å². The molecule has 53 valence electrons. The Morgan fingerprint density at radius 1 is 1.90 bits per heavy atom. The van der Waals surface area contributed by atoms with Crippen LogP contribution in [0, 0.1) is 13.8 Å². The topological polar surface area (TPSA) is 55.1 Å². The zero-order valence-corrected chi connectivity index (χ0v) is 5.55. The predicted molar refractivity (Wildman–Crippen MR) is 35.2 cm³/mol. The number of nitrogens with one attached hydrogen (secondary N) is 1. The molecule has 4 heteroatoms. The molecule has 1 radical (unpaired) electrons. The fourth-order valence-electron chi connectivity index (χ4n) is 0.568. The van der Waals surface area contributed by atoms with E-state index in [0.717, 1.165) is 0 Å². The van der Waals surface area contributed by atoms with Gasteiger partial charge in [-0.25, -0.2) is 0 Å². The normalized spacial score (nSPS) is 9.40. The van der Waals surface area contributed by atoms with Crippen LogP contribution in [-0.4, -0.2) is 11.1 Å². The largest absolute Gasteiger partial charge is 0.360 e. The molecule has 0 saturated carbocycles. The predicted octanol–water partition coefficient (Wildman–Crippen LogP) is 0.756. The molecule has 0 spiro atoms. The molecule has 1 amide bonds. The number of aryl methyl sites for hydroxylation is 1. The van der Waals surface area contributed by atoms with E-state index in [1.807, 2.05) is 0 Å². The van der Waals surface area contributed by atoms with Crippen LogP contribution in [0.15, 0.2) is 10.6 Å². The molecule has 0 aliphatic rings. The third-order valence-electron chi connectivity index (χ3n) is 0.895. The van der Waals surface area contributed by atoms with E-state index in [1.54, 1.807) is 13.0 Å². The highest BCUT2D eigenvalue weighted by Crippen LogP contribution is 2.05. The number of nitrogens with zero attached hydrogens (tertiary/aromatic N) is 1. The average Bonchev–Trinajstić information content (AvgIpc) is 2.13. The SMILES string of the molecule is [CH2]C(=O)Nc1cc(C)on1. The first kappa shape index (κ1) is 6.80. The number of carbonyl (C=O) groups is 1. The first-order chi connectivity index (χ1) is 4.68. The van der Waals surface area contributed by atoms with E-state index in [-0.39, 0.29) is 0 Å². The van der Waals surface area contributed by atoms with Crippen LogP contribution in [0.5, 0.6) is 0 Å². The lowest BCUT2D eigenvalue weighted by molar-refractivity contribution is -0.112. The highest BCUT2D eigenvalue weighted by atomic mass is 16.5. The van der Waals surface area contributed by atoms with Gasteiger partial charge in [-0.3, -0.25) is 4.79 Å². The van der Waals surface area contributed by atoms with E-state index in [2.05, 4.69) is 21.9 Å². The molecule has 0 aromatic carbocycles. The Hall–Kier alpha value is -1.32.